The second-order valence-corrected chi connectivity index (χ2v) is 6.82. The minimum atomic E-state index is 0.639. The Morgan fingerprint density at radius 3 is 3.04 bits per heavy atom. The van der Waals surface area contributed by atoms with Gasteiger partial charge in [-0.15, -0.1) is 0 Å². The lowest BCUT2D eigenvalue weighted by atomic mass is 9.98. The summed E-state index contributed by atoms with van der Waals surface area (Å²) in [6.45, 7) is 4.02. The van der Waals surface area contributed by atoms with E-state index in [9.17, 15) is 0 Å². The van der Waals surface area contributed by atoms with Crippen LogP contribution < -0.4 is 0 Å². The van der Waals surface area contributed by atoms with Gasteiger partial charge in [-0.3, -0.25) is 9.58 Å². The summed E-state index contributed by atoms with van der Waals surface area (Å²) in [4.78, 5) is 2.51. The van der Waals surface area contributed by atoms with E-state index in [2.05, 4.69) is 22.3 Å². The number of hydrogen-bond acceptors (Lipinski definition) is 3. The summed E-state index contributed by atoms with van der Waals surface area (Å²) in [6, 6.07) is 7.93. The Bertz CT molecular complexity index is 653. The van der Waals surface area contributed by atoms with Crippen molar-refractivity contribution in [3.63, 3.8) is 0 Å². The molecule has 1 aliphatic rings. The molecule has 1 aliphatic heterocycles. The van der Waals surface area contributed by atoms with Crippen molar-refractivity contribution < 1.29 is 4.74 Å². The fraction of sp³-hybridized carbons (Fsp3) is 0.500. The molecule has 0 radical (unpaired) electrons. The predicted octanol–water partition coefficient (Wildman–Crippen LogP) is 3.60. The smallest absolute Gasteiger partial charge is 0.0968 e. The fourth-order valence-corrected chi connectivity index (χ4v) is 3.63. The van der Waals surface area contributed by atoms with Crippen LogP contribution in [0.25, 0.3) is 11.3 Å². The van der Waals surface area contributed by atoms with Crippen LogP contribution in [0, 0.1) is 5.92 Å². The number of hydrogen-bond donors (Lipinski definition) is 0. The van der Waals surface area contributed by atoms with Gasteiger partial charge in [0.05, 0.1) is 12.3 Å². The third kappa shape index (κ3) is 4.14. The number of benzene rings is 1. The van der Waals surface area contributed by atoms with Crippen molar-refractivity contribution in [2.24, 2.45) is 13.0 Å². The number of ether oxygens (including phenoxy) is 1. The molecule has 124 valence electrons. The third-order valence-electron chi connectivity index (χ3n) is 4.40. The van der Waals surface area contributed by atoms with Crippen LogP contribution >= 0.6 is 11.6 Å². The van der Waals surface area contributed by atoms with Crippen LogP contribution in [-0.2, 0) is 18.3 Å². The topological polar surface area (TPSA) is 30.3 Å². The molecule has 4 nitrogen and oxygen atoms in total. The first-order valence-corrected chi connectivity index (χ1v) is 8.53. The van der Waals surface area contributed by atoms with Gasteiger partial charge in [-0.05, 0) is 37.4 Å². The zero-order valence-electron chi connectivity index (χ0n) is 13.8. The molecule has 0 unspecified atom stereocenters. The molecule has 1 aromatic heterocycles. The van der Waals surface area contributed by atoms with Crippen molar-refractivity contribution >= 4 is 11.6 Å². The Labute approximate surface area is 143 Å². The Balaban J connectivity index is 1.78. The molecule has 0 spiro atoms. The summed E-state index contributed by atoms with van der Waals surface area (Å²) < 4.78 is 7.22. The van der Waals surface area contributed by atoms with E-state index in [1.165, 1.54) is 18.4 Å². The van der Waals surface area contributed by atoms with Crippen molar-refractivity contribution in [3.05, 3.63) is 41.0 Å². The highest BCUT2D eigenvalue weighted by atomic mass is 35.5. The molecule has 2 aromatic rings. The van der Waals surface area contributed by atoms with Crippen LogP contribution in [0.4, 0.5) is 0 Å². The zero-order valence-corrected chi connectivity index (χ0v) is 14.6. The van der Waals surface area contributed by atoms with Gasteiger partial charge in [0.2, 0.25) is 0 Å². The molecule has 1 atom stereocenters. The summed E-state index contributed by atoms with van der Waals surface area (Å²) in [5.74, 6) is 0.639. The van der Waals surface area contributed by atoms with Crippen LogP contribution in [0.1, 0.15) is 18.4 Å². The lowest BCUT2D eigenvalue weighted by Crippen LogP contribution is -2.36. The molecule has 2 heterocycles. The Morgan fingerprint density at radius 2 is 2.26 bits per heavy atom. The maximum atomic E-state index is 6.14. The highest BCUT2D eigenvalue weighted by molar-refractivity contribution is 6.30. The summed E-state index contributed by atoms with van der Waals surface area (Å²) in [5.41, 5.74) is 3.37. The second-order valence-electron chi connectivity index (χ2n) is 6.39. The molecule has 5 heteroatoms. The van der Waals surface area contributed by atoms with E-state index in [-0.39, 0.29) is 0 Å². The van der Waals surface area contributed by atoms with E-state index >= 15 is 0 Å². The van der Waals surface area contributed by atoms with Crippen LogP contribution in [0.2, 0.25) is 5.02 Å². The van der Waals surface area contributed by atoms with Crippen LogP contribution in [0.15, 0.2) is 30.5 Å². The Hall–Kier alpha value is -1.36. The standard InChI is InChI=1S/C18H24ClN3O/c1-21-11-16(12-22-8-4-5-14(10-22)13-23-2)18(20-21)15-6-3-7-17(19)9-15/h3,6-7,9,11,14H,4-5,8,10,12-13H2,1-2H3/t14-/m1/s1. The molecule has 0 saturated carbocycles. The van der Waals surface area contributed by atoms with Gasteiger partial charge >= 0.3 is 0 Å². The molecule has 1 saturated heterocycles. The number of piperidine rings is 1. The molecule has 0 N–H and O–H groups in total. The van der Waals surface area contributed by atoms with E-state index in [4.69, 9.17) is 16.3 Å². The van der Waals surface area contributed by atoms with Gasteiger partial charge in [-0.25, -0.2) is 0 Å². The van der Waals surface area contributed by atoms with Gasteiger partial charge in [-0.2, -0.15) is 5.10 Å². The van der Waals surface area contributed by atoms with Crippen LogP contribution in [-0.4, -0.2) is 41.5 Å². The first-order valence-electron chi connectivity index (χ1n) is 8.15. The SMILES string of the molecule is COC[C@@H]1CCCN(Cc2cn(C)nc2-c2cccc(Cl)c2)C1. The van der Waals surface area contributed by atoms with Crippen molar-refractivity contribution in [2.45, 2.75) is 19.4 Å². The van der Waals surface area contributed by atoms with E-state index in [1.807, 2.05) is 29.9 Å². The van der Waals surface area contributed by atoms with Gasteiger partial charge in [0.25, 0.3) is 0 Å². The number of nitrogens with zero attached hydrogens (tertiary/aromatic N) is 3. The minimum absolute atomic E-state index is 0.639. The molecule has 0 bridgehead atoms. The first-order chi connectivity index (χ1) is 11.2. The molecule has 1 aromatic carbocycles. The highest BCUT2D eigenvalue weighted by Gasteiger charge is 2.21. The quantitative estimate of drug-likeness (QED) is 0.837. The molecular formula is C18H24ClN3O. The second kappa shape index (κ2) is 7.47. The number of aromatic nitrogens is 2. The highest BCUT2D eigenvalue weighted by Crippen LogP contribution is 2.27. The van der Waals surface area contributed by atoms with Gasteiger partial charge in [0.1, 0.15) is 0 Å². The number of likely N-dealkylation sites (tertiary alicyclic amines) is 1. The molecule has 3 rings (SSSR count). The zero-order chi connectivity index (χ0) is 16.2. The van der Waals surface area contributed by atoms with E-state index in [0.717, 1.165) is 42.5 Å². The Kier molecular flexibility index (Phi) is 5.36. The largest absolute Gasteiger partial charge is 0.384 e. The normalized spacial score (nSPS) is 19.2. The summed E-state index contributed by atoms with van der Waals surface area (Å²) in [5, 5.41) is 5.40. The van der Waals surface area contributed by atoms with Crippen molar-refractivity contribution in [1.29, 1.82) is 0 Å². The Morgan fingerprint density at radius 1 is 1.39 bits per heavy atom. The van der Waals surface area contributed by atoms with Crippen LogP contribution in [0.3, 0.4) is 0 Å². The lowest BCUT2D eigenvalue weighted by Gasteiger charge is -2.32. The molecule has 23 heavy (non-hydrogen) atoms. The maximum absolute atomic E-state index is 6.14. The van der Waals surface area contributed by atoms with Gasteiger partial charge in [0, 0.05) is 49.6 Å². The number of rotatable bonds is 5. The molecule has 0 aliphatic carbocycles. The van der Waals surface area contributed by atoms with E-state index in [0.29, 0.717) is 5.92 Å². The van der Waals surface area contributed by atoms with Crippen molar-refractivity contribution in [1.82, 2.24) is 14.7 Å². The average molecular weight is 334 g/mol. The lowest BCUT2D eigenvalue weighted by molar-refractivity contribution is 0.0874. The van der Waals surface area contributed by atoms with Gasteiger partial charge in [-0.1, -0.05) is 23.7 Å². The minimum Gasteiger partial charge on any atom is -0.384 e. The third-order valence-corrected chi connectivity index (χ3v) is 4.64. The average Bonchev–Trinajstić information content (AvgIpc) is 2.88. The summed E-state index contributed by atoms with van der Waals surface area (Å²) in [7, 11) is 3.76. The van der Waals surface area contributed by atoms with Crippen molar-refractivity contribution in [3.8, 4) is 11.3 Å². The summed E-state index contributed by atoms with van der Waals surface area (Å²) in [6.07, 6.45) is 4.62. The van der Waals surface area contributed by atoms with Gasteiger partial charge < -0.3 is 4.74 Å². The number of aryl methyl sites for hydroxylation is 1. The number of methoxy groups -OCH3 is 1. The monoisotopic (exact) mass is 333 g/mol. The first kappa shape index (κ1) is 16.5. The van der Waals surface area contributed by atoms with E-state index < -0.39 is 0 Å². The number of halogens is 1. The van der Waals surface area contributed by atoms with Crippen LogP contribution in [0.5, 0.6) is 0 Å². The maximum Gasteiger partial charge on any atom is 0.0968 e. The fourth-order valence-electron chi connectivity index (χ4n) is 3.44. The van der Waals surface area contributed by atoms with E-state index in [1.54, 1.807) is 7.11 Å². The summed E-state index contributed by atoms with van der Waals surface area (Å²) >= 11 is 6.14. The molecule has 0 amide bonds. The van der Waals surface area contributed by atoms with Gasteiger partial charge in [0.15, 0.2) is 0 Å². The predicted molar refractivity (Wildman–Crippen MR) is 93.5 cm³/mol. The molecular weight excluding hydrogens is 310 g/mol. The van der Waals surface area contributed by atoms with Crippen molar-refractivity contribution in [2.75, 3.05) is 26.8 Å². The molecule has 1 fully saturated rings.